The highest BCUT2D eigenvalue weighted by atomic mass is 16.5. The van der Waals surface area contributed by atoms with Crippen LogP contribution in [0.1, 0.15) is 20.7 Å². The van der Waals surface area contributed by atoms with Crippen LogP contribution in [0, 0.1) is 0 Å². The lowest BCUT2D eigenvalue weighted by Gasteiger charge is -2.08. The van der Waals surface area contributed by atoms with Gasteiger partial charge in [-0.1, -0.05) is 0 Å². The minimum Gasteiger partial charge on any atom is -0.506 e. The van der Waals surface area contributed by atoms with Crippen LogP contribution in [0.3, 0.4) is 0 Å². The van der Waals surface area contributed by atoms with Crippen molar-refractivity contribution in [1.29, 1.82) is 0 Å². The molecule has 0 fully saturated rings. The van der Waals surface area contributed by atoms with E-state index < -0.39 is 11.5 Å². The third-order valence-electron chi connectivity index (χ3n) is 1.77. The van der Waals surface area contributed by atoms with Gasteiger partial charge in [0.05, 0.1) is 12.7 Å². The highest BCUT2D eigenvalue weighted by molar-refractivity contribution is 5.92. The standard InChI is InChI=1S/C9H8O5/c1-14-7-2-5(3-10)8(12)6(4-11)9(7)13/h2-4,12-13H,1H3. The summed E-state index contributed by atoms with van der Waals surface area (Å²) in [6.07, 6.45) is 0.616. The lowest BCUT2D eigenvalue weighted by atomic mass is 10.1. The van der Waals surface area contributed by atoms with Crippen molar-refractivity contribution in [2.45, 2.75) is 0 Å². The summed E-state index contributed by atoms with van der Waals surface area (Å²) in [6, 6.07) is 1.14. The largest absolute Gasteiger partial charge is 0.506 e. The molecule has 0 saturated heterocycles. The van der Waals surface area contributed by atoms with E-state index in [2.05, 4.69) is 0 Å². The molecule has 0 bridgehead atoms. The van der Waals surface area contributed by atoms with Gasteiger partial charge in [-0.2, -0.15) is 0 Å². The van der Waals surface area contributed by atoms with Gasteiger partial charge in [0.2, 0.25) is 0 Å². The summed E-state index contributed by atoms with van der Waals surface area (Å²) in [6.45, 7) is 0. The maximum atomic E-state index is 10.5. The first kappa shape index (κ1) is 10.0. The van der Waals surface area contributed by atoms with Crippen molar-refractivity contribution in [2.24, 2.45) is 0 Å². The Kier molecular flexibility index (Phi) is 2.71. The molecule has 5 nitrogen and oxygen atoms in total. The van der Waals surface area contributed by atoms with E-state index in [1.54, 1.807) is 0 Å². The van der Waals surface area contributed by atoms with Gasteiger partial charge in [0.15, 0.2) is 24.1 Å². The van der Waals surface area contributed by atoms with Crippen LogP contribution in [-0.4, -0.2) is 29.9 Å². The number of phenolic OH excluding ortho intramolecular Hbond substituents is 2. The second kappa shape index (κ2) is 3.78. The molecular formula is C9H8O5. The zero-order chi connectivity index (χ0) is 10.7. The average molecular weight is 196 g/mol. The number of phenols is 2. The minimum atomic E-state index is -0.548. The van der Waals surface area contributed by atoms with E-state index >= 15 is 0 Å². The number of rotatable bonds is 3. The van der Waals surface area contributed by atoms with Crippen LogP contribution in [0.2, 0.25) is 0 Å². The van der Waals surface area contributed by atoms with E-state index in [4.69, 9.17) is 4.74 Å². The topological polar surface area (TPSA) is 83.8 Å². The van der Waals surface area contributed by atoms with Gasteiger partial charge in [0.25, 0.3) is 0 Å². The van der Waals surface area contributed by atoms with Crippen molar-refractivity contribution in [2.75, 3.05) is 7.11 Å². The molecule has 0 atom stereocenters. The summed E-state index contributed by atoms with van der Waals surface area (Å²) < 4.78 is 4.71. The van der Waals surface area contributed by atoms with E-state index in [1.165, 1.54) is 7.11 Å². The summed E-state index contributed by atoms with van der Waals surface area (Å²) in [4.78, 5) is 21.0. The summed E-state index contributed by atoms with van der Waals surface area (Å²) in [5.74, 6) is -1.06. The van der Waals surface area contributed by atoms with Gasteiger partial charge in [-0.05, 0) is 6.07 Å². The fourth-order valence-electron chi connectivity index (χ4n) is 1.04. The Bertz CT molecular complexity index is 383. The van der Waals surface area contributed by atoms with Crippen LogP contribution >= 0.6 is 0 Å². The Labute approximate surface area is 79.6 Å². The monoisotopic (exact) mass is 196 g/mol. The number of carbonyl (C=O) groups is 2. The Hall–Kier alpha value is -2.04. The molecule has 0 aromatic heterocycles. The van der Waals surface area contributed by atoms with Crippen molar-refractivity contribution in [3.8, 4) is 17.2 Å². The average Bonchev–Trinajstić information content (AvgIpc) is 2.19. The highest BCUT2D eigenvalue weighted by Crippen LogP contribution is 2.36. The van der Waals surface area contributed by atoms with Gasteiger partial charge in [-0.15, -0.1) is 0 Å². The Morgan fingerprint density at radius 1 is 1.21 bits per heavy atom. The lowest BCUT2D eigenvalue weighted by Crippen LogP contribution is -1.93. The minimum absolute atomic E-state index is 0.0352. The molecule has 0 amide bonds. The van der Waals surface area contributed by atoms with Crippen molar-refractivity contribution >= 4 is 12.6 Å². The molecule has 1 aromatic rings. The van der Waals surface area contributed by atoms with Gasteiger partial charge in [-0.25, -0.2) is 0 Å². The van der Waals surface area contributed by atoms with E-state index in [1.807, 2.05) is 0 Å². The third-order valence-corrected chi connectivity index (χ3v) is 1.77. The summed E-state index contributed by atoms with van der Waals surface area (Å²) >= 11 is 0. The number of aldehydes is 2. The van der Waals surface area contributed by atoms with Crippen molar-refractivity contribution in [1.82, 2.24) is 0 Å². The fraction of sp³-hybridized carbons (Fsp3) is 0.111. The SMILES string of the molecule is COc1cc(C=O)c(O)c(C=O)c1O. The van der Waals surface area contributed by atoms with E-state index in [0.29, 0.717) is 6.29 Å². The molecule has 0 unspecified atom stereocenters. The first-order valence-corrected chi connectivity index (χ1v) is 3.69. The molecule has 0 aliphatic rings. The molecule has 14 heavy (non-hydrogen) atoms. The number of benzene rings is 1. The lowest BCUT2D eigenvalue weighted by molar-refractivity contribution is 0.111. The Morgan fingerprint density at radius 3 is 2.29 bits per heavy atom. The zero-order valence-corrected chi connectivity index (χ0v) is 7.35. The smallest absolute Gasteiger partial charge is 0.172 e. The van der Waals surface area contributed by atoms with Crippen LogP contribution in [0.15, 0.2) is 6.07 Å². The highest BCUT2D eigenvalue weighted by Gasteiger charge is 2.16. The normalized spacial score (nSPS) is 9.50. The number of ether oxygens (including phenoxy) is 1. The van der Waals surface area contributed by atoms with Crippen LogP contribution in [0.5, 0.6) is 17.2 Å². The molecule has 2 N–H and O–H groups in total. The molecule has 5 heteroatoms. The molecule has 1 rings (SSSR count). The molecule has 0 saturated carbocycles. The van der Waals surface area contributed by atoms with Gasteiger partial charge in [0, 0.05) is 0 Å². The first-order valence-electron chi connectivity index (χ1n) is 3.69. The van der Waals surface area contributed by atoms with Crippen LogP contribution in [0.4, 0.5) is 0 Å². The Balaban J connectivity index is 3.54. The maximum absolute atomic E-state index is 10.5. The molecule has 0 aliphatic heterocycles. The van der Waals surface area contributed by atoms with Crippen molar-refractivity contribution in [3.63, 3.8) is 0 Å². The van der Waals surface area contributed by atoms with Crippen LogP contribution in [-0.2, 0) is 0 Å². The molecule has 0 aliphatic carbocycles. The van der Waals surface area contributed by atoms with Gasteiger partial charge in [0.1, 0.15) is 11.3 Å². The van der Waals surface area contributed by atoms with E-state index in [9.17, 15) is 19.8 Å². The summed E-state index contributed by atoms with van der Waals surface area (Å²) in [7, 11) is 1.27. The number of hydrogen-bond acceptors (Lipinski definition) is 5. The molecule has 1 aromatic carbocycles. The van der Waals surface area contributed by atoms with Crippen LogP contribution in [0.25, 0.3) is 0 Å². The number of aromatic hydroxyl groups is 2. The zero-order valence-electron chi connectivity index (χ0n) is 7.35. The van der Waals surface area contributed by atoms with Gasteiger partial charge < -0.3 is 14.9 Å². The number of methoxy groups -OCH3 is 1. The van der Waals surface area contributed by atoms with Gasteiger partial charge >= 0.3 is 0 Å². The first-order chi connectivity index (χ1) is 6.65. The third kappa shape index (κ3) is 1.39. The number of carbonyl (C=O) groups excluding carboxylic acids is 2. The molecule has 0 heterocycles. The molecular weight excluding hydrogens is 188 g/mol. The summed E-state index contributed by atoms with van der Waals surface area (Å²) in [5.41, 5.74) is -0.465. The summed E-state index contributed by atoms with van der Waals surface area (Å²) in [5, 5.41) is 18.7. The quantitative estimate of drug-likeness (QED) is 0.696. The predicted molar refractivity (Wildman–Crippen MR) is 47.1 cm³/mol. The Morgan fingerprint density at radius 2 is 1.86 bits per heavy atom. The molecule has 74 valence electrons. The molecule has 0 radical (unpaired) electrons. The van der Waals surface area contributed by atoms with Crippen molar-refractivity contribution < 1.29 is 24.5 Å². The van der Waals surface area contributed by atoms with Crippen molar-refractivity contribution in [3.05, 3.63) is 17.2 Å². The van der Waals surface area contributed by atoms with E-state index in [0.717, 1.165) is 6.07 Å². The molecule has 0 spiro atoms. The van der Waals surface area contributed by atoms with Crippen LogP contribution < -0.4 is 4.74 Å². The second-order valence-corrected chi connectivity index (χ2v) is 2.51. The maximum Gasteiger partial charge on any atom is 0.172 e. The predicted octanol–water partition coefficient (Wildman–Crippen LogP) is 0.731. The fourth-order valence-corrected chi connectivity index (χ4v) is 1.04. The van der Waals surface area contributed by atoms with Gasteiger partial charge in [-0.3, -0.25) is 9.59 Å². The second-order valence-electron chi connectivity index (χ2n) is 2.51. The van der Waals surface area contributed by atoms with E-state index in [-0.39, 0.29) is 23.2 Å². The number of hydrogen-bond donors (Lipinski definition) is 2.